The average Bonchev–Trinajstić information content (AvgIpc) is 3.29. The molecule has 0 saturated carbocycles. The van der Waals surface area contributed by atoms with Crippen LogP contribution in [0.2, 0.25) is 0 Å². The topological polar surface area (TPSA) is 122 Å². The molecular weight excluding hydrogens is 496 g/mol. The van der Waals surface area contributed by atoms with Crippen LogP contribution < -0.4 is 15.0 Å². The summed E-state index contributed by atoms with van der Waals surface area (Å²) in [7, 11) is 1.97. The number of rotatable bonds is 5. The second kappa shape index (κ2) is 9.75. The lowest BCUT2D eigenvalue weighted by Gasteiger charge is -2.38. The Labute approximate surface area is 224 Å². The predicted octanol–water partition coefficient (Wildman–Crippen LogP) is 4.94. The number of hydrogen-bond donors (Lipinski definition) is 2. The molecule has 2 N–H and O–H groups in total. The number of imidazole rings is 1. The first-order valence-electron chi connectivity index (χ1n) is 12.7. The summed E-state index contributed by atoms with van der Waals surface area (Å²) >= 11 is 0. The number of aromatic nitrogens is 5. The van der Waals surface area contributed by atoms with Crippen molar-refractivity contribution < 1.29 is 14.6 Å². The summed E-state index contributed by atoms with van der Waals surface area (Å²) in [6, 6.07) is 13.6. The molecule has 1 fully saturated rings. The van der Waals surface area contributed by atoms with Crippen LogP contribution in [0.1, 0.15) is 12.5 Å². The maximum atomic E-state index is 11.4. The Balaban J connectivity index is 1.22. The van der Waals surface area contributed by atoms with Gasteiger partial charge in [-0.3, -0.25) is 0 Å². The fourth-order valence-electron chi connectivity index (χ4n) is 4.96. The molecule has 2 aromatic carbocycles. The summed E-state index contributed by atoms with van der Waals surface area (Å²) in [5.74, 6) is 2.91. The Morgan fingerprint density at radius 3 is 2.72 bits per heavy atom. The van der Waals surface area contributed by atoms with Gasteiger partial charge < -0.3 is 29.5 Å². The zero-order valence-corrected chi connectivity index (χ0v) is 21.9. The third kappa shape index (κ3) is 4.74. The standard InChI is InChI=1S/C28H28N8O3/c1-17-10-19(4-7-25(17)39-20-5-6-24-22(11-20)32-16-34(24)3)33-27-21-12-26(29-13-23(21)30-15-31-27)35-8-9-36(28(37)38)18(2)14-35/h4-7,10-13,15-16,18H,8-9,14H2,1-3H3,(H,37,38)(H,30,31,33)/t18-/m1/s1. The number of nitrogens with zero attached hydrogens (tertiary/aromatic N) is 7. The van der Waals surface area contributed by atoms with Crippen LogP contribution >= 0.6 is 0 Å². The van der Waals surface area contributed by atoms with Crippen LogP contribution in [0.25, 0.3) is 21.9 Å². The zero-order valence-electron chi connectivity index (χ0n) is 21.9. The number of benzene rings is 2. The number of ether oxygens (including phenoxy) is 1. The average molecular weight is 525 g/mol. The van der Waals surface area contributed by atoms with E-state index in [-0.39, 0.29) is 6.04 Å². The first kappa shape index (κ1) is 24.4. The van der Waals surface area contributed by atoms with Gasteiger partial charge in [0.2, 0.25) is 0 Å². The van der Waals surface area contributed by atoms with Gasteiger partial charge in [-0.1, -0.05) is 0 Å². The van der Waals surface area contributed by atoms with Gasteiger partial charge in [-0.25, -0.2) is 24.7 Å². The van der Waals surface area contributed by atoms with E-state index in [2.05, 4.69) is 30.2 Å². The maximum absolute atomic E-state index is 11.4. The Morgan fingerprint density at radius 1 is 1.05 bits per heavy atom. The van der Waals surface area contributed by atoms with Gasteiger partial charge in [0.05, 0.1) is 29.1 Å². The third-order valence-electron chi connectivity index (χ3n) is 7.07. The van der Waals surface area contributed by atoms with Gasteiger partial charge in [0.15, 0.2) is 0 Å². The van der Waals surface area contributed by atoms with E-state index in [1.807, 2.05) is 67.9 Å². The smallest absolute Gasteiger partial charge is 0.407 e. The van der Waals surface area contributed by atoms with Gasteiger partial charge in [0, 0.05) is 49.9 Å². The van der Waals surface area contributed by atoms with Crippen LogP contribution in [-0.4, -0.2) is 66.3 Å². The molecule has 11 heteroatoms. The molecule has 0 spiro atoms. The number of carbonyl (C=O) groups is 1. The van der Waals surface area contributed by atoms with Gasteiger partial charge in [-0.05, 0) is 55.8 Å². The molecule has 1 amide bonds. The van der Waals surface area contributed by atoms with Crippen molar-refractivity contribution in [2.45, 2.75) is 19.9 Å². The molecule has 4 heterocycles. The van der Waals surface area contributed by atoms with Crippen molar-refractivity contribution in [2.24, 2.45) is 7.05 Å². The van der Waals surface area contributed by atoms with Gasteiger partial charge in [0.25, 0.3) is 0 Å². The fourth-order valence-corrected chi connectivity index (χ4v) is 4.96. The normalized spacial score (nSPS) is 15.6. The highest BCUT2D eigenvalue weighted by Gasteiger charge is 2.28. The van der Waals surface area contributed by atoms with Gasteiger partial charge >= 0.3 is 6.09 Å². The molecule has 5 aromatic rings. The first-order chi connectivity index (χ1) is 18.9. The first-order valence-corrected chi connectivity index (χ1v) is 12.7. The Morgan fingerprint density at radius 2 is 1.92 bits per heavy atom. The Kier molecular flexibility index (Phi) is 6.10. The lowest BCUT2D eigenvalue weighted by Crippen LogP contribution is -2.53. The van der Waals surface area contributed by atoms with Crippen molar-refractivity contribution in [2.75, 3.05) is 29.9 Å². The van der Waals surface area contributed by atoms with Crippen LogP contribution in [0.3, 0.4) is 0 Å². The summed E-state index contributed by atoms with van der Waals surface area (Å²) in [6.45, 7) is 5.46. The monoisotopic (exact) mass is 524 g/mol. The number of nitrogens with one attached hydrogen (secondary N) is 1. The van der Waals surface area contributed by atoms with E-state index >= 15 is 0 Å². The van der Waals surface area contributed by atoms with Crippen molar-refractivity contribution in [3.05, 3.63) is 66.9 Å². The lowest BCUT2D eigenvalue weighted by molar-refractivity contribution is 0.122. The third-order valence-corrected chi connectivity index (χ3v) is 7.07. The molecule has 39 heavy (non-hydrogen) atoms. The second-order valence-electron chi connectivity index (χ2n) is 9.77. The van der Waals surface area contributed by atoms with E-state index in [9.17, 15) is 9.90 Å². The minimum Gasteiger partial charge on any atom is -0.465 e. The summed E-state index contributed by atoms with van der Waals surface area (Å²) in [5.41, 5.74) is 4.48. The van der Waals surface area contributed by atoms with Gasteiger partial charge in [-0.15, -0.1) is 0 Å². The number of carboxylic acid groups (broad SMARTS) is 1. The van der Waals surface area contributed by atoms with Crippen LogP contribution in [0, 0.1) is 6.92 Å². The van der Waals surface area contributed by atoms with E-state index in [1.165, 1.54) is 11.2 Å². The molecule has 0 radical (unpaired) electrons. The number of amides is 1. The highest BCUT2D eigenvalue weighted by molar-refractivity contribution is 5.92. The molecular formula is C28H28N8O3. The summed E-state index contributed by atoms with van der Waals surface area (Å²) < 4.78 is 8.13. The summed E-state index contributed by atoms with van der Waals surface area (Å²) in [6.07, 6.45) is 4.13. The van der Waals surface area contributed by atoms with E-state index in [0.717, 1.165) is 50.5 Å². The van der Waals surface area contributed by atoms with Crippen LogP contribution in [-0.2, 0) is 7.05 Å². The number of pyridine rings is 1. The molecule has 1 aliphatic heterocycles. The highest BCUT2D eigenvalue weighted by Crippen LogP contribution is 2.32. The SMILES string of the molecule is Cc1cc(Nc2ncnc3cnc(N4CCN(C(=O)O)[C@H](C)C4)cc23)ccc1Oc1ccc2c(c1)ncn2C. The second-order valence-corrected chi connectivity index (χ2v) is 9.77. The number of aryl methyl sites for hydroxylation is 2. The molecule has 3 aromatic heterocycles. The molecule has 1 atom stereocenters. The minimum atomic E-state index is -0.894. The molecule has 1 aliphatic rings. The Bertz CT molecular complexity index is 1700. The number of fused-ring (bicyclic) bond motifs is 2. The Hall–Kier alpha value is -4.93. The highest BCUT2D eigenvalue weighted by atomic mass is 16.5. The summed E-state index contributed by atoms with van der Waals surface area (Å²) in [5, 5.41) is 13.6. The molecule has 11 nitrogen and oxygen atoms in total. The quantitative estimate of drug-likeness (QED) is 0.329. The van der Waals surface area contributed by atoms with Gasteiger partial charge in [0.1, 0.15) is 29.5 Å². The molecule has 0 unspecified atom stereocenters. The van der Waals surface area contributed by atoms with E-state index in [4.69, 9.17) is 4.74 Å². The number of piperazine rings is 1. The molecule has 0 aliphatic carbocycles. The van der Waals surface area contributed by atoms with Crippen molar-refractivity contribution in [3.63, 3.8) is 0 Å². The lowest BCUT2D eigenvalue weighted by atomic mass is 10.1. The van der Waals surface area contributed by atoms with E-state index < -0.39 is 6.09 Å². The van der Waals surface area contributed by atoms with Crippen molar-refractivity contribution in [1.82, 2.24) is 29.4 Å². The predicted molar refractivity (Wildman–Crippen MR) is 149 cm³/mol. The molecule has 0 bridgehead atoms. The number of hydrogen-bond acceptors (Lipinski definition) is 8. The van der Waals surface area contributed by atoms with Crippen molar-refractivity contribution >= 4 is 45.4 Å². The summed E-state index contributed by atoms with van der Waals surface area (Å²) in [4.78, 5) is 32.9. The minimum absolute atomic E-state index is 0.132. The van der Waals surface area contributed by atoms with Gasteiger partial charge in [-0.2, -0.15) is 0 Å². The van der Waals surface area contributed by atoms with E-state index in [1.54, 1.807) is 12.5 Å². The molecule has 6 rings (SSSR count). The molecule has 1 saturated heterocycles. The molecule has 198 valence electrons. The van der Waals surface area contributed by atoms with E-state index in [0.29, 0.717) is 25.5 Å². The maximum Gasteiger partial charge on any atom is 0.407 e. The van der Waals surface area contributed by atoms with Crippen LogP contribution in [0.4, 0.5) is 22.1 Å². The number of anilines is 3. The fraction of sp³-hybridized carbons (Fsp3) is 0.250. The van der Waals surface area contributed by atoms with Crippen LogP contribution in [0.5, 0.6) is 11.5 Å². The largest absolute Gasteiger partial charge is 0.465 e. The van der Waals surface area contributed by atoms with Crippen molar-refractivity contribution in [3.8, 4) is 11.5 Å². The van der Waals surface area contributed by atoms with Crippen LogP contribution in [0.15, 0.2) is 61.3 Å². The van der Waals surface area contributed by atoms with Crippen molar-refractivity contribution in [1.29, 1.82) is 0 Å². The zero-order chi connectivity index (χ0) is 27.1.